The molecule has 2 fully saturated rings. The molecule has 2 heterocycles. The first-order valence-electron chi connectivity index (χ1n) is 5.70. The Bertz CT molecular complexity index is 181. The summed E-state index contributed by atoms with van der Waals surface area (Å²) in [7, 11) is 0. The maximum Gasteiger partial charge on any atom is 0.0182 e. The van der Waals surface area contributed by atoms with E-state index in [0.717, 1.165) is 24.4 Å². The number of fused-ring (bicyclic) bond motifs is 1. The van der Waals surface area contributed by atoms with Crippen LogP contribution in [0.3, 0.4) is 0 Å². The highest BCUT2D eigenvalue weighted by Gasteiger charge is 2.38. The molecule has 13 heavy (non-hydrogen) atoms. The van der Waals surface area contributed by atoms with Crippen molar-refractivity contribution in [1.82, 2.24) is 4.90 Å². The van der Waals surface area contributed by atoms with Gasteiger partial charge in [-0.2, -0.15) is 0 Å². The van der Waals surface area contributed by atoms with Gasteiger partial charge in [-0.05, 0) is 24.7 Å². The van der Waals surface area contributed by atoms with Crippen molar-refractivity contribution in [2.75, 3.05) is 13.1 Å². The summed E-state index contributed by atoms with van der Waals surface area (Å²) in [6.45, 7) is 7.16. The molecular weight excluding hydrogens is 160 g/mol. The predicted molar refractivity (Wildman–Crippen MR) is 55.5 cm³/mol. The molecule has 0 aliphatic carbocycles. The van der Waals surface area contributed by atoms with Crippen LogP contribution in [0.5, 0.6) is 0 Å². The summed E-state index contributed by atoms with van der Waals surface area (Å²) in [6.07, 6.45) is 3.99. The van der Waals surface area contributed by atoms with Crippen LogP contribution in [0.1, 0.15) is 33.1 Å². The molecule has 0 aromatic carbocycles. The van der Waals surface area contributed by atoms with Crippen molar-refractivity contribution in [3.8, 4) is 0 Å². The summed E-state index contributed by atoms with van der Waals surface area (Å²) >= 11 is 0. The van der Waals surface area contributed by atoms with Crippen LogP contribution in [-0.4, -0.2) is 30.1 Å². The van der Waals surface area contributed by atoms with Crippen LogP contribution >= 0.6 is 0 Å². The van der Waals surface area contributed by atoms with Gasteiger partial charge in [-0.25, -0.2) is 0 Å². The Kier molecular flexibility index (Phi) is 2.61. The van der Waals surface area contributed by atoms with E-state index in [1.54, 1.807) is 0 Å². The van der Waals surface area contributed by atoms with Crippen molar-refractivity contribution >= 4 is 0 Å². The van der Waals surface area contributed by atoms with E-state index in [0.29, 0.717) is 6.04 Å². The lowest BCUT2D eigenvalue weighted by atomic mass is 9.83. The number of hydrogen-bond donors (Lipinski definition) is 1. The van der Waals surface area contributed by atoms with Crippen molar-refractivity contribution in [3.05, 3.63) is 0 Å². The second-order valence-corrected chi connectivity index (χ2v) is 5.00. The number of nitrogens with zero attached hydrogens (tertiary/aromatic N) is 1. The van der Waals surface area contributed by atoms with Crippen LogP contribution < -0.4 is 5.73 Å². The fraction of sp³-hybridized carbons (Fsp3) is 1.00. The number of rotatable bonds is 1. The molecule has 2 N–H and O–H groups in total. The highest BCUT2D eigenvalue weighted by molar-refractivity contribution is 4.94. The van der Waals surface area contributed by atoms with Gasteiger partial charge < -0.3 is 5.73 Å². The van der Waals surface area contributed by atoms with Gasteiger partial charge in [-0.15, -0.1) is 0 Å². The van der Waals surface area contributed by atoms with E-state index >= 15 is 0 Å². The van der Waals surface area contributed by atoms with Crippen LogP contribution in [0.25, 0.3) is 0 Å². The second kappa shape index (κ2) is 3.58. The molecule has 0 spiro atoms. The van der Waals surface area contributed by atoms with Crippen LogP contribution in [0.2, 0.25) is 0 Å². The van der Waals surface area contributed by atoms with E-state index in [4.69, 9.17) is 5.73 Å². The van der Waals surface area contributed by atoms with Crippen LogP contribution in [0.15, 0.2) is 0 Å². The zero-order chi connectivity index (χ0) is 9.42. The zero-order valence-corrected chi connectivity index (χ0v) is 8.87. The molecule has 2 rings (SSSR count). The molecule has 0 radical (unpaired) electrons. The van der Waals surface area contributed by atoms with Gasteiger partial charge in [0.2, 0.25) is 0 Å². The SMILES string of the molecule is CC[C@@H]1C[C@@H](C)C2CC(N)CN2C1. The first-order chi connectivity index (χ1) is 6.20. The predicted octanol–water partition coefficient (Wildman–Crippen LogP) is 1.45. The second-order valence-electron chi connectivity index (χ2n) is 5.00. The van der Waals surface area contributed by atoms with Crippen LogP contribution in [-0.2, 0) is 0 Å². The molecule has 2 heteroatoms. The van der Waals surface area contributed by atoms with Crippen molar-refractivity contribution in [3.63, 3.8) is 0 Å². The highest BCUT2D eigenvalue weighted by Crippen LogP contribution is 2.34. The molecule has 0 bridgehead atoms. The lowest BCUT2D eigenvalue weighted by molar-refractivity contribution is 0.0960. The minimum atomic E-state index is 0.447. The summed E-state index contributed by atoms with van der Waals surface area (Å²) in [5.74, 6) is 1.80. The fourth-order valence-electron chi connectivity index (χ4n) is 3.16. The third kappa shape index (κ3) is 1.75. The van der Waals surface area contributed by atoms with Gasteiger partial charge >= 0.3 is 0 Å². The van der Waals surface area contributed by atoms with E-state index in [2.05, 4.69) is 18.7 Å². The third-order valence-electron chi connectivity index (χ3n) is 3.91. The Hall–Kier alpha value is -0.0800. The third-order valence-corrected chi connectivity index (χ3v) is 3.91. The van der Waals surface area contributed by atoms with Gasteiger partial charge in [0.1, 0.15) is 0 Å². The average Bonchev–Trinajstić information content (AvgIpc) is 2.46. The highest BCUT2D eigenvalue weighted by atomic mass is 15.2. The Morgan fingerprint density at radius 2 is 2.08 bits per heavy atom. The van der Waals surface area contributed by atoms with Crippen molar-refractivity contribution in [2.24, 2.45) is 17.6 Å². The van der Waals surface area contributed by atoms with Gasteiger partial charge in [0.05, 0.1) is 0 Å². The summed E-state index contributed by atoms with van der Waals surface area (Å²) in [6, 6.07) is 1.25. The molecule has 2 aliphatic heterocycles. The first-order valence-corrected chi connectivity index (χ1v) is 5.70. The molecule has 4 atom stereocenters. The quantitative estimate of drug-likeness (QED) is 0.665. The largest absolute Gasteiger partial charge is 0.326 e. The standard InChI is InChI=1S/C11H22N2/c1-3-9-4-8(2)11-5-10(12)7-13(11)6-9/h8-11H,3-7,12H2,1-2H3/t8-,9-,10?,11?/m1/s1. The monoisotopic (exact) mass is 182 g/mol. The molecule has 0 aromatic heterocycles. The van der Waals surface area contributed by atoms with Crippen molar-refractivity contribution in [1.29, 1.82) is 0 Å². The van der Waals surface area contributed by atoms with Gasteiger partial charge in [-0.3, -0.25) is 4.90 Å². The smallest absolute Gasteiger partial charge is 0.0182 e. The van der Waals surface area contributed by atoms with Crippen LogP contribution in [0, 0.1) is 11.8 Å². The number of nitrogens with two attached hydrogens (primary N) is 1. The summed E-state index contributed by atoms with van der Waals surface area (Å²) < 4.78 is 0. The molecule has 0 aromatic rings. The molecule has 76 valence electrons. The molecule has 2 unspecified atom stereocenters. The first kappa shape index (κ1) is 9.47. The van der Waals surface area contributed by atoms with Gasteiger partial charge in [0, 0.05) is 25.2 Å². The zero-order valence-electron chi connectivity index (χ0n) is 8.87. The fourth-order valence-corrected chi connectivity index (χ4v) is 3.16. The van der Waals surface area contributed by atoms with Gasteiger partial charge in [0.25, 0.3) is 0 Å². The van der Waals surface area contributed by atoms with Crippen molar-refractivity contribution < 1.29 is 0 Å². The van der Waals surface area contributed by atoms with Gasteiger partial charge in [0.15, 0.2) is 0 Å². The van der Waals surface area contributed by atoms with E-state index in [1.165, 1.54) is 25.8 Å². The lowest BCUT2D eigenvalue weighted by Gasteiger charge is -2.39. The van der Waals surface area contributed by atoms with E-state index < -0.39 is 0 Å². The maximum absolute atomic E-state index is 6.00. The van der Waals surface area contributed by atoms with Crippen LogP contribution in [0.4, 0.5) is 0 Å². The average molecular weight is 182 g/mol. The minimum absolute atomic E-state index is 0.447. The van der Waals surface area contributed by atoms with E-state index in [-0.39, 0.29) is 0 Å². The number of piperidine rings is 1. The molecule has 0 saturated carbocycles. The Morgan fingerprint density at radius 1 is 1.31 bits per heavy atom. The summed E-state index contributed by atoms with van der Waals surface area (Å²) in [5, 5.41) is 0. The van der Waals surface area contributed by atoms with E-state index in [1.807, 2.05) is 0 Å². The molecule has 2 aliphatic rings. The Morgan fingerprint density at radius 3 is 2.77 bits per heavy atom. The van der Waals surface area contributed by atoms with Gasteiger partial charge in [-0.1, -0.05) is 20.3 Å². The van der Waals surface area contributed by atoms with E-state index in [9.17, 15) is 0 Å². The molecule has 2 saturated heterocycles. The Labute approximate surface area is 81.5 Å². The Balaban J connectivity index is 2.01. The summed E-state index contributed by atoms with van der Waals surface area (Å²) in [5.41, 5.74) is 6.00. The molecule has 0 amide bonds. The normalized spacial score (nSPS) is 46.4. The minimum Gasteiger partial charge on any atom is -0.326 e. The maximum atomic E-state index is 6.00. The topological polar surface area (TPSA) is 29.3 Å². The van der Waals surface area contributed by atoms with Crippen molar-refractivity contribution in [2.45, 2.75) is 45.2 Å². The molecular formula is C11H22N2. The number of hydrogen-bond acceptors (Lipinski definition) is 2. The summed E-state index contributed by atoms with van der Waals surface area (Å²) in [4.78, 5) is 2.63. The molecule has 2 nitrogen and oxygen atoms in total. The lowest BCUT2D eigenvalue weighted by Crippen LogP contribution is -2.43.